The summed E-state index contributed by atoms with van der Waals surface area (Å²) in [6.45, 7) is 0. The van der Waals surface area contributed by atoms with Crippen molar-refractivity contribution in [2.45, 2.75) is 0 Å². The van der Waals surface area contributed by atoms with Gasteiger partial charge in [0.1, 0.15) is 0 Å². The van der Waals surface area contributed by atoms with Crippen LogP contribution in [0.3, 0.4) is 0 Å². The molecule has 4 heterocycles. The zero-order valence-electron chi connectivity index (χ0n) is 23.1. The molecule has 0 atom stereocenters. The Bertz CT molecular complexity index is 2440. The maximum atomic E-state index is 5.08. The van der Waals surface area contributed by atoms with Crippen LogP contribution in [0.5, 0.6) is 0 Å². The molecule has 0 radical (unpaired) electrons. The molecule has 0 saturated heterocycles. The van der Waals surface area contributed by atoms with Crippen LogP contribution in [0.15, 0.2) is 146 Å². The molecule has 0 aliphatic rings. The third-order valence-corrected chi connectivity index (χ3v) is 8.52. The first-order chi connectivity index (χ1) is 21.3. The van der Waals surface area contributed by atoms with Crippen molar-refractivity contribution in [2.75, 3.05) is 0 Å². The van der Waals surface area contributed by atoms with Gasteiger partial charge in [-0.05, 0) is 86.9 Å². The number of pyridine rings is 3. The molecule has 9 rings (SSSR count). The second kappa shape index (κ2) is 9.33. The van der Waals surface area contributed by atoms with Gasteiger partial charge in [0.15, 0.2) is 0 Å². The molecule has 4 heteroatoms. The van der Waals surface area contributed by atoms with E-state index in [0.29, 0.717) is 0 Å². The van der Waals surface area contributed by atoms with Gasteiger partial charge in [0, 0.05) is 46.7 Å². The lowest BCUT2D eigenvalue weighted by Crippen LogP contribution is -1.98. The number of rotatable bonds is 3. The molecule has 0 spiro atoms. The van der Waals surface area contributed by atoms with E-state index in [1.807, 2.05) is 24.5 Å². The summed E-state index contributed by atoms with van der Waals surface area (Å²) in [6.07, 6.45) is 7.33. The van der Waals surface area contributed by atoms with Gasteiger partial charge < -0.3 is 4.57 Å². The molecule has 0 aliphatic carbocycles. The van der Waals surface area contributed by atoms with Crippen molar-refractivity contribution < 1.29 is 0 Å². The largest absolute Gasteiger partial charge is 0.309 e. The summed E-state index contributed by atoms with van der Waals surface area (Å²) >= 11 is 0. The minimum atomic E-state index is 0.868. The topological polar surface area (TPSA) is 43.6 Å². The van der Waals surface area contributed by atoms with E-state index < -0.39 is 0 Å². The molecule has 9 aromatic rings. The van der Waals surface area contributed by atoms with Crippen LogP contribution in [0, 0.1) is 0 Å². The quantitative estimate of drug-likeness (QED) is 0.206. The summed E-state index contributed by atoms with van der Waals surface area (Å²) in [6, 6.07) is 43.3. The van der Waals surface area contributed by atoms with Gasteiger partial charge in [-0.2, -0.15) is 0 Å². The molecule has 0 bridgehead atoms. The number of hydrogen-bond acceptors (Lipinski definition) is 3. The number of benzene rings is 5. The first-order valence-corrected chi connectivity index (χ1v) is 14.4. The van der Waals surface area contributed by atoms with Crippen molar-refractivity contribution >= 4 is 54.1 Å². The zero-order chi connectivity index (χ0) is 28.3. The normalized spacial score (nSPS) is 11.7. The maximum absolute atomic E-state index is 5.08. The van der Waals surface area contributed by atoms with Crippen molar-refractivity contribution in [1.82, 2.24) is 19.5 Å². The summed E-state index contributed by atoms with van der Waals surface area (Å²) in [5.41, 5.74) is 7.04. The Morgan fingerprint density at radius 2 is 0.907 bits per heavy atom. The minimum Gasteiger partial charge on any atom is -0.309 e. The van der Waals surface area contributed by atoms with E-state index in [2.05, 4.69) is 124 Å². The average Bonchev–Trinajstić information content (AvgIpc) is 3.41. The van der Waals surface area contributed by atoms with Gasteiger partial charge in [-0.15, -0.1) is 0 Å². The fraction of sp³-hybridized carbons (Fsp3) is 0. The smallest absolute Gasteiger partial charge is 0.0745 e. The number of aromatic nitrogens is 4. The lowest BCUT2D eigenvalue weighted by Gasteiger charge is -2.14. The first kappa shape index (κ1) is 23.8. The van der Waals surface area contributed by atoms with Crippen LogP contribution in [0.4, 0.5) is 0 Å². The number of fused-ring (bicyclic) bond motifs is 9. The minimum absolute atomic E-state index is 0.868. The first-order valence-electron chi connectivity index (χ1n) is 14.4. The SMILES string of the molecule is c1cncc(-c2cc(-n3c4ccccc4c4cc5c6ccccc6c6ccccc6c5cc43)cc(-c3cccnc3)n2)c1. The van der Waals surface area contributed by atoms with E-state index in [-0.39, 0.29) is 0 Å². The Kier molecular flexibility index (Phi) is 5.16. The second-order valence-electron chi connectivity index (χ2n) is 10.9. The van der Waals surface area contributed by atoms with Gasteiger partial charge in [0.25, 0.3) is 0 Å². The third-order valence-electron chi connectivity index (χ3n) is 8.52. The third kappa shape index (κ3) is 3.67. The van der Waals surface area contributed by atoms with Gasteiger partial charge in [0.05, 0.1) is 28.1 Å². The summed E-state index contributed by atoms with van der Waals surface area (Å²) in [5, 5.41) is 10.1. The number of hydrogen-bond donors (Lipinski definition) is 0. The Balaban J connectivity index is 1.43. The van der Waals surface area contributed by atoms with Crippen LogP contribution in [-0.4, -0.2) is 19.5 Å². The molecule has 0 fully saturated rings. The molecule has 200 valence electrons. The molecule has 5 aromatic carbocycles. The maximum Gasteiger partial charge on any atom is 0.0745 e. The Hall–Kier alpha value is -5.87. The van der Waals surface area contributed by atoms with E-state index in [1.54, 1.807) is 12.4 Å². The predicted molar refractivity (Wildman–Crippen MR) is 178 cm³/mol. The van der Waals surface area contributed by atoms with E-state index in [1.165, 1.54) is 43.1 Å². The van der Waals surface area contributed by atoms with Crippen molar-refractivity contribution in [3.05, 3.63) is 146 Å². The van der Waals surface area contributed by atoms with Crippen LogP contribution < -0.4 is 0 Å². The summed E-state index contributed by atoms with van der Waals surface area (Å²) in [5.74, 6) is 0. The molecule has 4 nitrogen and oxygen atoms in total. The van der Waals surface area contributed by atoms with Crippen LogP contribution >= 0.6 is 0 Å². The summed E-state index contributed by atoms with van der Waals surface area (Å²) in [7, 11) is 0. The Labute approximate surface area is 247 Å². The molecule has 0 saturated carbocycles. The van der Waals surface area contributed by atoms with Gasteiger partial charge in [-0.3, -0.25) is 9.97 Å². The van der Waals surface area contributed by atoms with Crippen LogP contribution in [0.2, 0.25) is 0 Å². The highest BCUT2D eigenvalue weighted by Gasteiger charge is 2.18. The van der Waals surface area contributed by atoms with Crippen LogP contribution in [-0.2, 0) is 0 Å². The van der Waals surface area contributed by atoms with Crippen LogP contribution in [0.25, 0.3) is 82.3 Å². The van der Waals surface area contributed by atoms with Crippen LogP contribution in [0.1, 0.15) is 0 Å². The fourth-order valence-corrected chi connectivity index (χ4v) is 6.61. The van der Waals surface area contributed by atoms with Gasteiger partial charge in [-0.25, -0.2) is 4.98 Å². The molecule has 0 aliphatic heterocycles. The van der Waals surface area contributed by atoms with E-state index in [0.717, 1.165) is 39.2 Å². The molecular formula is C39H24N4. The van der Waals surface area contributed by atoms with Crippen molar-refractivity contribution in [3.63, 3.8) is 0 Å². The molecule has 4 aromatic heterocycles. The predicted octanol–water partition coefficient (Wildman–Crippen LogP) is 9.76. The van der Waals surface area contributed by atoms with Gasteiger partial charge in [0.2, 0.25) is 0 Å². The molecule has 0 amide bonds. The standard InChI is InChI=1S/C39H24N4/c1-3-13-30-28(11-1)29-12-2-4-14-31(29)34-22-39-35(21-33(30)34)32-15-5-6-16-38(32)43(39)27-19-36(25-9-7-17-40-23-25)42-37(20-27)26-10-8-18-41-24-26/h1-24H. The Morgan fingerprint density at radius 1 is 0.395 bits per heavy atom. The summed E-state index contributed by atoms with van der Waals surface area (Å²) in [4.78, 5) is 13.8. The van der Waals surface area contributed by atoms with E-state index in [4.69, 9.17) is 4.98 Å². The van der Waals surface area contributed by atoms with E-state index in [9.17, 15) is 0 Å². The number of para-hydroxylation sites is 1. The average molecular weight is 549 g/mol. The highest BCUT2D eigenvalue weighted by Crippen LogP contribution is 2.41. The summed E-state index contributed by atoms with van der Waals surface area (Å²) < 4.78 is 2.38. The molecule has 43 heavy (non-hydrogen) atoms. The zero-order valence-corrected chi connectivity index (χ0v) is 23.1. The molecular weight excluding hydrogens is 524 g/mol. The van der Waals surface area contributed by atoms with E-state index >= 15 is 0 Å². The van der Waals surface area contributed by atoms with Crippen molar-refractivity contribution in [2.24, 2.45) is 0 Å². The van der Waals surface area contributed by atoms with Crippen molar-refractivity contribution in [3.8, 4) is 28.2 Å². The number of nitrogens with zero attached hydrogens (tertiary/aromatic N) is 4. The van der Waals surface area contributed by atoms with Gasteiger partial charge >= 0.3 is 0 Å². The van der Waals surface area contributed by atoms with Crippen molar-refractivity contribution in [1.29, 1.82) is 0 Å². The lowest BCUT2D eigenvalue weighted by atomic mass is 9.93. The molecule has 0 N–H and O–H groups in total. The highest BCUT2D eigenvalue weighted by molar-refractivity contribution is 6.28. The Morgan fingerprint density at radius 3 is 1.47 bits per heavy atom. The fourth-order valence-electron chi connectivity index (χ4n) is 6.61. The lowest BCUT2D eigenvalue weighted by molar-refractivity contribution is 1.16. The monoisotopic (exact) mass is 548 g/mol. The molecule has 0 unspecified atom stereocenters. The highest BCUT2D eigenvalue weighted by atomic mass is 15.0. The van der Waals surface area contributed by atoms with Gasteiger partial charge in [-0.1, -0.05) is 66.7 Å². The second-order valence-corrected chi connectivity index (χ2v) is 10.9.